The lowest BCUT2D eigenvalue weighted by molar-refractivity contribution is -0.123. The Morgan fingerprint density at radius 1 is 0.958 bits per heavy atom. The van der Waals surface area contributed by atoms with Gasteiger partial charge in [-0.3, -0.25) is 9.59 Å². The monoisotopic (exact) mass is 324 g/mol. The van der Waals surface area contributed by atoms with Crippen LogP contribution in [-0.2, 0) is 9.59 Å². The third-order valence-electron chi connectivity index (χ3n) is 3.81. The minimum absolute atomic E-state index is 0.209. The van der Waals surface area contributed by atoms with Crippen molar-refractivity contribution in [3.05, 3.63) is 59.2 Å². The quantitative estimate of drug-likeness (QED) is 0.801. The summed E-state index contributed by atoms with van der Waals surface area (Å²) in [5.41, 5.74) is 4.63. The summed E-state index contributed by atoms with van der Waals surface area (Å²) in [4.78, 5) is 24.3. The van der Waals surface area contributed by atoms with E-state index in [9.17, 15) is 9.59 Å². The van der Waals surface area contributed by atoms with Crippen LogP contribution in [-0.4, -0.2) is 11.8 Å². The van der Waals surface area contributed by atoms with Gasteiger partial charge in [-0.25, -0.2) is 0 Å². The first-order valence-corrected chi connectivity index (χ1v) is 8.12. The van der Waals surface area contributed by atoms with Crippen LogP contribution in [0.15, 0.2) is 42.5 Å². The molecule has 0 saturated heterocycles. The first-order chi connectivity index (χ1) is 11.4. The topological polar surface area (TPSA) is 58.2 Å². The van der Waals surface area contributed by atoms with Crippen molar-refractivity contribution in [3.63, 3.8) is 0 Å². The van der Waals surface area contributed by atoms with Gasteiger partial charge in [0.2, 0.25) is 11.8 Å². The van der Waals surface area contributed by atoms with Crippen LogP contribution < -0.4 is 10.6 Å². The highest BCUT2D eigenvalue weighted by Gasteiger charge is 2.14. The van der Waals surface area contributed by atoms with Gasteiger partial charge in [-0.05, 0) is 48.6 Å². The van der Waals surface area contributed by atoms with Gasteiger partial charge in [-0.2, -0.15) is 0 Å². The number of aryl methyl sites for hydroxylation is 2. The number of hydrogen-bond acceptors (Lipinski definition) is 2. The molecule has 2 N–H and O–H groups in total. The van der Waals surface area contributed by atoms with Gasteiger partial charge in [-0.1, -0.05) is 44.2 Å². The lowest BCUT2D eigenvalue weighted by Crippen LogP contribution is -2.22. The van der Waals surface area contributed by atoms with Crippen molar-refractivity contribution in [1.82, 2.24) is 0 Å². The molecular weight excluding hydrogens is 300 g/mol. The molecule has 24 heavy (non-hydrogen) atoms. The zero-order valence-electron chi connectivity index (χ0n) is 14.6. The fourth-order valence-electron chi connectivity index (χ4n) is 2.60. The summed E-state index contributed by atoms with van der Waals surface area (Å²) >= 11 is 0. The number of carbonyl (C=O) groups is 2. The van der Waals surface area contributed by atoms with Crippen molar-refractivity contribution in [2.45, 2.75) is 40.0 Å². The van der Waals surface area contributed by atoms with Crippen molar-refractivity contribution >= 4 is 23.2 Å². The Morgan fingerprint density at radius 2 is 1.62 bits per heavy atom. The number of para-hydroxylation sites is 1. The molecule has 2 rings (SSSR count). The number of carbonyl (C=O) groups excluding carboxylic acids is 2. The average Bonchev–Trinajstić information content (AvgIpc) is 2.48. The van der Waals surface area contributed by atoms with E-state index in [0.29, 0.717) is 11.6 Å². The minimum Gasteiger partial charge on any atom is -0.326 e. The maximum atomic E-state index is 12.2. The molecule has 0 aromatic heterocycles. The molecule has 0 bridgehead atoms. The standard InChI is InChI=1S/C20H24N2O2/c1-13(2)17-10-6-8-15(4)20(17)22-19(24)12-18(23)21-16-9-5-7-14(3)11-16/h5-11,13H,12H2,1-4H3,(H,21,23)(H,22,24). The van der Waals surface area contributed by atoms with Crippen LogP contribution in [0.2, 0.25) is 0 Å². The van der Waals surface area contributed by atoms with Gasteiger partial charge in [0.1, 0.15) is 6.42 Å². The van der Waals surface area contributed by atoms with Gasteiger partial charge in [0.25, 0.3) is 0 Å². The average molecular weight is 324 g/mol. The second-order valence-corrected chi connectivity index (χ2v) is 6.34. The molecule has 126 valence electrons. The molecule has 0 spiro atoms. The summed E-state index contributed by atoms with van der Waals surface area (Å²) in [6, 6.07) is 13.4. The highest BCUT2D eigenvalue weighted by atomic mass is 16.2. The van der Waals surface area contributed by atoms with Crippen LogP contribution in [0.5, 0.6) is 0 Å². The predicted molar refractivity (Wildman–Crippen MR) is 98.3 cm³/mol. The van der Waals surface area contributed by atoms with Crippen molar-refractivity contribution in [2.75, 3.05) is 10.6 Å². The molecule has 2 aromatic carbocycles. The molecule has 4 nitrogen and oxygen atoms in total. The molecule has 0 radical (unpaired) electrons. The maximum Gasteiger partial charge on any atom is 0.233 e. The van der Waals surface area contributed by atoms with Crippen molar-refractivity contribution in [3.8, 4) is 0 Å². The Bertz CT molecular complexity index is 751. The normalized spacial score (nSPS) is 10.5. The molecule has 4 heteroatoms. The van der Waals surface area contributed by atoms with Crippen LogP contribution in [0.1, 0.15) is 42.9 Å². The van der Waals surface area contributed by atoms with E-state index in [1.807, 2.05) is 50.2 Å². The van der Waals surface area contributed by atoms with Crippen LogP contribution in [0.3, 0.4) is 0 Å². The summed E-state index contributed by atoms with van der Waals surface area (Å²) in [5, 5.41) is 5.64. The Hall–Kier alpha value is -2.62. The van der Waals surface area contributed by atoms with Crippen LogP contribution >= 0.6 is 0 Å². The first kappa shape index (κ1) is 17.7. The molecule has 0 atom stereocenters. The minimum atomic E-state index is -0.321. The fourth-order valence-corrected chi connectivity index (χ4v) is 2.60. The number of nitrogens with one attached hydrogen (secondary N) is 2. The van der Waals surface area contributed by atoms with Gasteiger partial charge in [-0.15, -0.1) is 0 Å². The van der Waals surface area contributed by atoms with Crippen LogP contribution in [0.25, 0.3) is 0 Å². The molecule has 0 aliphatic heterocycles. The second-order valence-electron chi connectivity index (χ2n) is 6.34. The molecule has 2 aromatic rings. The Kier molecular flexibility index (Phi) is 5.74. The largest absolute Gasteiger partial charge is 0.326 e. The number of benzene rings is 2. The van der Waals surface area contributed by atoms with E-state index in [1.54, 1.807) is 6.07 Å². The van der Waals surface area contributed by atoms with E-state index in [1.165, 1.54) is 0 Å². The predicted octanol–water partition coefficient (Wildman–Crippen LogP) is 4.39. The summed E-state index contributed by atoms with van der Waals surface area (Å²) in [6.45, 7) is 8.06. The van der Waals surface area contributed by atoms with Gasteiger partial charge in [0.05, 0.1) is 0 Å². The number of amides is 2. The number of rotatable bonds is 5. The lowest BCUT2D eigenvalue weighted by Gasteiger charge is -2.16. The molecule has 2 amide bonds. The van der Waals surface area contributed by atoms with Crippen LogP contribution in [0.4, 0.5) is 11.4 Å². The van der Waals surface area contributed by atoms with E-state index in [2.05, 4.69) is 24.5 Å². The van der Waals surface area contributed by atoms with Crippen molar-refractivity contribution < 1.29 is 9.59 Å². The SMILES string of the molecule is Cc1cccc(NC(=O)CC(=O)Nc2c(C)cccc2C(C)C)c1. The summed E-state index contributed by atoms with van der Waals surface area (Å²) < 4.78 is 0. The second kappa shape index (κ2) is 7.77. The summed E-state index contributed by atoms with van der Waals surface area (Å²) in [5.74, 6) is -0.338. The van der Waals surface area contributed by atoms with E-state index in [0.717, 1.165) is 22.4 Å². The van der Waals surface area contributed by atoms with E-state index in [4.69, 9.17) is 0 Å². The number of anilines is 2. The van der Waals surface area contributed by atoms with Crippen molar-refractivity contribution in [2.24, 2.45) is 0 Å². The first-order valence-electron chi connectivity index (χ1n) is 8.12. The smallest absolute Gasteiger partial charge is 0.233 e. The molecule has 0 aliphatic carbocycles. The highest BCUT2D eigenvalue weighted by Crippen LogP contribution is 2.27. The van der Waals surface area contributed by atoms with E-state index >= 15 is 0 Å². The fraction of sp³-hybridized carbons (Fsp3) is 0.300. The van der Waals surface area contributed by atoms with E-state index in [-0.39, 0.29) is 18.2 Å². The zero-order valence-corrected chi connectivity index (χ0v) is 14.6. The molecule has 0 heterocycles. The van der Waals surface area contributed by atoms with Crippen LogP contribution in [0, 0.1) is 13.8 Å². The summed E-state index contributed by atoms with van der Waals surface area (Å²) in [6.07, 6.45) is -0.209. The Morgan fingerprint density at radius 3 is 2.29 bits per heavy atom. The van der Waals surface area contributed by atoms with Gasteiger partial charge in [0.15, 0.2) is 0 Å². The molecular formula is C20H24N2O2. The third kappa shape index (κ3) is 4.69. The lowest BCUT2D eigenvalue weighted by atomic mass is 9.98. The molecule has 0 aliphatic rings. The number of hydrogen-bond donors (Lipinski definition) is 2. The van der Waals surface area contributed by atoms with Crippen molar-refractivity contribution in [1.29, 1.82) is 0 Å². The van der Waals surface area contributed by atoms with Gasteiger partial charge < -0.3 is 10.6 Å². The Balaban J connectivity index is 2.02. The van der Waals surface area contributed by atoms with Gasteiger partial charge >= 0.3 is 0 Å². The Labute approximate surface area is 143 Å². The molecule has 0 fully saturated rings. The maximum absolute atomic E-state index is 12.2. The van der Waals surface area contributed by atoms with E-state index < -0.39 is 0 Å². The third-order valence-corrected chi connectivity index (χ3v) is 3.81. The van der Waals surface area contributed by atoms with Gasteiger partial charge in [0, 0.05) is 11.4 Å². The highest BCUT2D eigenvalue weighted by molar-refractivity contribution is 6.08. The molecule has 0 unspecified atom stereocenters. The zero-order chi connectivity index (χ0) is 17.7. The summed E-state index contributed by atoms with van der Waals surface area (Å²) in [7, 11) is 0. The molecule has 0 saturated carbocycles.